The predicted octanol–water partition coefficient (Wildman–Crippen LogP) is 6.08. The molecule has 6 rings (SSSR count). The standard InChI is InChI=1S/C37H32F2N4O6S/c1-21(44)5-16-33-41-30-15-10-24(17-28(30)37(46)43(33)20-22-6-11-25(38)12-7-22)27-18-29-32(19-31(27)42(3)50(4,47)48)49-35(34(29)36(45)40-2)23-8-13-26(39)14-9-23/h6-15,17-19H,5,16,20H2,1-4H3,(H,40,45). The highest BCUT2D eigenvalue weighted by atomic mass is 32.2. The molecule has 0 fully saturated rings. The number of nitrogens with one attached hydrogen (secondary N) is 1. The highest BCUT2D eigenvalue weighted by molar-refractivity contribution is 7.92. The van der Waals surface area contributed by atoms with Crippen molar-refractivity contribution in [3.8, 4) is 22.5 Å². The number of carbonyl (C=O) groups is 2. The summed E-state index contributed by atoms with van der Waals surface area (Å²) in [5.74, 6) is -0.904. The first-order valence-corrected chi connectivity index (χ1v) is 17.4. The number of rotatable bonds is 10. The Morgan fingerprint density at radius 3 is 2.18 bits per heavy atom. The van der Waals surface area contributed by atoms with Crippen LogP contribution in [-0.2, 0) is 27.8 Å². The second-order valence-electron chi connectivity index (χ2n) is 12.0. The lowest BCUT2D eigenvalue weighted by Gasteiger charge is -2.21. The molecule has 10 nitrogen and oxygen atoms in total. The number of aromatic nitrogens is 2. The molecular formula is C37H32F2N4O6S. The Bertz CT molecular complexity index is 2470. The summed E-state index contributed by atoms with van der Waals surface area (Å²) >= 11 is 0. The topological polar surface area (TPSA) is 132 Å². The molecule has 1 amide bonds. The first-order chi connectivity index (χ1) is 23.7. The van der Waals surface area contributed by atoms with E-state index in [1.165, 1.54) is 68.1 Å². The van der Waals surface area contributed by atoms with Gasteiger partial charge in [0.15, 0.2) is 0 Å². The minimum Gasteiger partial charge on any atom is -0.455 e. The van der Waals surface area contributed by atoms with Crippen molar-refractivity contribution in [1.29, 1.82) is 0 Å². The van der Waals surface area contributed by atoms with Crippen molar-refractivity contribution in [2.45, 2.75) is 26.3 Å². The number of benzene rings is 4. The van der Waals surface area contributed by atoms with Crippen molar-refractivity contribution in [3.63, 3.8) is 0 Å². The van der Waals surface area contributed by atoms with Gasteiger partial charge in [0, 0.05) is 49.5 Å². The summed E-state index contributed by atoms with van der Waals surface area (Å²) < 4.78 is 61.8. The van der Waals surface area contributed by atoms with E-state index in [-0.39, 0.29) is 53.1 Å². The minimum absolute atomic E-state index is 0.0705. The highest BCUT2D eigenvalue weighted by Crippen LogP contribution is 2.41. The summed E-state index contributed by atoms with van der Waals surface area (Å²) in [5.41, 5.74) is 2.41. The highest BCUT2D eigenvalue weighted by Gasteiger charge is 2.26. The number of sulfonamides is 1. The summed E-state index contributed by atoms with van der Waals surface area (Å²) in [6.07, 6.45) is 1.42. The number of halogens is 2. The Kier molecular flexibility index (Phi) is 9.10. The zero-order chi connectivity index (χ0) is 35.9. The molecule has 0 saturated carbocycles. The molecule has 0 saturated heterocycles. The predicted molar refractivity (Wildman–Crippen MR) is 188 cm³/mol. The zero-order valence-corrected chi connectivity index (χ0v) is 28.4. The molecule has 13 heteroatoms. The maximum atomic E-state index is 14.2. The molecule has 2 aromatic heterocycles. The van der Waals surface area contributed by atoms with Gasteiger partial charge in [-0.05, 0) is 72.6 Å². The fourth-order valence-corrected chi connectivity index (χ4v) is 6.31. The quantitative estimate of drug-likeness (QED) is 0.184. The molecule has 6 aromatic rings. The average Bonchev–Trinajstić information content (AvgIpc) is 3.46. The van der Waals surface area contributed by atoms with Gasteiger partial charge in [-0.2, -0.15) is 0 Å². The third kappa shape index (κ3) is 6.64. The first kappa shape index (κ1) is 34.2. The lowest BCUT2D eigenvalue weighted by molar-refractivity contribution is -0.117. The average molecular weight is 699 g/mol. The van der Waals surface area contributed by atoms with E-state index in [1.807, 2.05) is 0 Å². The maximum absolute atomic E-state index is 14.2. The summed E-state index contributed by atoms with van der Waals surface area (Å²) in [7, 11) is -0.975. The number of carbonyl (C=O) groups excluding carboxylic acids is 2. The van der Waals surface area contributed by atoms with E-state index in [9.17, 15) is 31.6 Å². The molecule has 0 bridgehead atoms. The molecule has 0 aliphatic rings. The van der Waals surface area contributed by atoms with Crippen LogP contribution in [0.3, 0.4) is 0 Å². The molecule has 0 radical (unpaired) electrons. The Morgan fingerprint density at radius 1 is 0.920 bits per heavy atom. The monoisotopic (exact) mass is 698 g/mol. The van der Waals surface area contributed by atoms with Crippen molar-refractivity contribution in [1.82, 2.24) is 14.9 Å². The van der Waals surface area contributed by atoms with Gasteiger partial charge in [-0.15, -0.1) is 0 Å². The van der Waals surface area contributed by atoms with Crippen LogP contribution in [0.5, 0.6) is 0 Å². The van der Waals surface area contributed by atoms with Crippen LogP contribution in [-0.4, -0.2) is 50.0 Å². The smallest absolute Gasteiger partial charge is 0.261 e. The summed E-state index contributed by atoms with van der Waals surface area (Å²) in [5, 5.41) is 3.19. The number of nitrogens with zero attached hydrogens (tertiary/aromatic N) is 3. The SMILES string of the molecule is CNC(=O)c1c(-c2ccc(F)cc2)oc2cc(N(C)S(C)(=O)=O)c(-c3ccc4nc(CCC(C)=O)n(Cc5ccc(F)cc5)c(=O)c4c3)cc12. The maximum Gasteiger partial charge on any atom is 0.261 e. The molecular weight excluding hydrogens is 666 g/mol. The Labute approximate surface area is 286 Å². The van der Waals surface area contributed by atoms with Crippen molar-refractivity contribution in [2.24, 2.45) is 0 Å². The van der Waals surface area contributed by atoms with Gasteiger partial charge in [-0.3, -0.25) is 18.5 Å². The van der Waals surface area contributed by atoms with Crippen LogP contribution in [0.25, 0.3) is 44.3 Å². The van der Waals surface area contributed by atoms with Gasteiger partial charge in [-0.1, -0.05) is 18.2 Å². The second-order valence-corrected chi connectivity index (χ2v) is 14.0. The third-order valence-corrected chi connectivity index (χ3v) is 9.69. The molecule has 1 N–H and O–H groups in total. The molecule has 256 valence electrons. The molecule has 4 aromatic carbocycles. The first-order valence-electron chi connectivity index (χ1n) is 15.6. The van der Waals surface area contributed by atoms with Gasteiger partial charge in [0.1, 0.15) is 34.6 Å². The van der Waals surface area contributed by atoms with Gasteiger partial charge in [0.05, 0.1) is 35.0 Å². The van der Waals surface area contributed by atoms with Crippen molar-refractivity contribution in [2.75, 3.05) is 24.7 Å². The van der Waals surface area contributed by atoms with Crippen LogP contribution < -0.4 is 15.2 Å². The lowest BCUT2D eigenvalue weighted by Crippen LogP contribution is -2.26. The normalized spacial score (nSPS) is 11.6. The summed E-state index contributed by atoms with van der Waals surface area (Å²) in [6.45, 7) is 1.53. The van der Waals surface area contributed by atoms with E-state index in [1.54, 1.807) is 36.4 Å². The Hall–Kier alpha value is -5.69. The molecule has 0 atom stereocenters. The number of amides is 1. The van der Waals surface area contributed by atoms with Crippen molar-refractivity contribution in [3.05, 3.63) is 118 Å². The number of hydrogen-bond acceptors (Lipinski definition) is 7. The van der Waals surface area contributed by atoms with E-state index in [0.717, 1.165) is 10.6 Å². The number of fused-ring (bicyclic) bond motifs is 2. The van der Waals surface area contributed by atoms with E-state index in [0.29, 0.717) is 39.0 Å². The molecule has 0 spiro atoms. The van der Waals surface area contributed by atoms with E-state index < -0.39 is 33.1 Å². The number of aryl methyl sites for hydroxylation is 1. The number of anilines is 1. The van der Waals surface area contributed by atoms with E-state index in [4.69, 9.17) is 9.40 Å². The number of hydrogen-bond donors (Lipinski definition) is 1. The van der Waals surface area contributed by atoms with Gasteiger partial charge in [0.2, 0.25) is 10.0 Å². The number of furan rings is 1. The zero-order valence-electron chi connectivity index (χ0n) is 27.6. The fraction of sp³-hybridized carbons (Fsp3) is 0.189. The van der Waals surface area contributed by atoms with Gasteiger partial charge < -0.3 is 14.5 Å². The summed E-state index contributed by atoms with van der Waals surface area (Å²) in [6, 6.07) is 19.2. The molecule has 0 unspecified atom stereocenters. The van der Waals surface area contributed by atoms with Gasteiger partial charge in [0.25, 0.3) is 11.5 Å². The molecule has 0 aliphatic carbocycles. The molecule has 0 aliphatic heterocycles. The Morgan fingerprint density at radius 2 is 1.56 bits per heavy atom. The van der Waals surface area contributed by atoms with E-state index >= 15 is 0 Å². The van der Waals surface area contributed by atoms with Gasteiger partial charge >= 0.3 is 0 Å². The summed E-state index contributed by atoms with van der Waals surface area (Å²) in [4.78, 5) is 44.0. The number of ketones is 1. The van der Waals surface area contributed by atoms with Gasteiger partial charge in [-0.25, -0.2) is 22.2 Å². The third-order valence-electron chi connectivity index (χ3n) is 8.50. The van der Waals surface area contributed by atoms with Crippen LogP contribution in [0.15, 0.2) is 88.1 Å². The fourth-order valence-electron chi connectivity index (χ4n) is 5.81. The van der Waals surface area contributed by atoms with Crippen LogP contribution in [0.2, 0.25) is 0 Å². The second kappa shape index (κ2) is 13.3. The minimum atomic E-state index is -3.81. The molecule has 2 heterocycles. The molecule has 50 heavy (non-hydrogen) atoms. The van der Waals surface area contributed by atoms with Crippen LogP contribution in [0.4, 0.5) is 14.5 Å². The van der Waals surface area contributed by atoms with Crippen molar-refractivity contribution < 1.29 is 31.2 Å². The van der Waals surface area contributed by atoms with Crippen LogP contribution in [0, 0.1) is 11.6 Å². The Balaban J connectivity index is 1.60. The van der Waals surface area contributed by atoms with Crippen molar-refractivity contribution >= 4 is 49.3 Å². The van der Waals surface area contributed by atoms with Crippen LogP contribution in [0.1, 0.15) is 35.1 Å². The lowest BCUT2D eigenvalue weighted by atomic mass is 9.97. The largest absolute Gasteiger partial charge is 0.455 e. The van der Waals surface area contributed by atoms with Crippen LogP contribution >= 0.6 is 0 Å². The van der Waals surface area contributed by atoms with E-state index in [2.05, 4.69) is 5.32 Å². The number of Topliss-reactive ketones (excluding diaryl/α,β-unsaturated/α-hetero) is 1.